The summed E-state index contributed by atoms with van der Waals surface area (Å²) >= 11 is 0. The molecule has 0 aromatic carbocycles. The normalized spacial score (nSPS) is 48.7. The van der Waals surface area contributed by atoms with E-state index >= 15 is 0 Å². The Labute approximate surface area is 161 Å². The van der Waals surface area contributed by atoms with Crippen LogP contribution in [0.4, 0.5) is 0 Å². The molecule has 4 aliphatic carbocycles. The molecule has 1 N–H and O–H groups in total. The number of hydrogen-bond acceptors (Lipinski definition) is 4. The highest BCUT2D eigenvalue weighted by Gasteiger charge is 2.67. The SMILES string of the molecule is CC[C@]12CCC3C(CC(CO)C4=CC(=O)CC[C@@H]43)C1CC[C@@]21CCC(=O)O1. The van der Waals surface area contributed by atoms with Crippen molar-refractivity contribution < 1.29 is 19.4 Å². The summed E-state index contributed by atoms with van der Waals surface area (Å²) in [5.41, 5.74) is 1.16. The Morgan fingerprint density at radius 3 is 2.67 bits per heavy atom. The number of aliphatic hydroxyl groups excluding tert-OH is 1. The lowest BCUT2D eigenvalue weighted by molar-refractivity contribution is -0.170. The molecule has 27 heavy (non-hydrogen) atoms. The van der Waals surface area contributed by atoms with Gasteiger partial charge in [0.15, 0.2) is 5.78 Å². The standard InChI is InChI=1S/C23H32O4/c1-2-22-8-5-17-16-4-3-15(25)12-18(16)14(13-24)11-19(17)20(22)6-9-23(22)10-7-21(26)27-23/h12,14,16-17,19-20,24H,2-11,13H2,1H3/t14?,16-,17?,19?,20?,22+,23-/m1/s1. The first-order valence-corrected chi connectivity index (χ1v) is 11.1. The minimum Gasteiger partial charge on any atom is -0.458 e. The number of carbonyl (C=O) groups is 2. The van der Waals surface area contributed by atoms with Crippen LogP contribution < -0.4 is 0 Å². The quantitative estimate of drug-likeness (QED) is 0.749. The molecule has 5 aliphatic rings. The summed E-state index contributed by atoms with van der Waals surface area (Å²) in [6, 6.07) is 0. The van der Waals surface area contributed by atoms with E-state index in [1.54, 1.807) is 0 Å². The van der Waals surface area contributed by atoms with Crippen molar-refractivity contribution in [2.24, 2.45) is 35.0 Å². The third kappa shape index (κ3) is 2.31. The fourth-order valence-electron chi connectivity index (χ4n) is 8.33. The van der Waals surface area contributed by atoms with Crippen molar-refractivity contribution in [2.75, 3.05) is 6.61 Å². The van der Waals surface area contributed by atoms with Crippen LogP contribution in [-0.2, 0) is 14.3 Å². The minimum atomic E-state index is -0.220. The molecule has 1 aliphatic heterocycles. The second-order valence-electron chi connectivity index (χ2n) is 9.86. The van der Waals surface area contributed by atoms with E-state index in [0.29, 0.717) is 36.5 Å². The predicted octanol–water partition coefficient (Wildman–Crippen LogP) is 3.81. The molecule has 1 spiro atoms. The summed E-state index contributed by atoms with van der Waals surface area (Å²) in [7, 11) is 0. The van der Waals surface area contributed by atoms with E-state index in [1.807, 2.05) is 6.08 Å². The topological polar surface area (TPSA) is 63.6 Å². The van der Waals surface area contributed by atoms with Gasteiger partial charge in [-0.1, -0.05) is 12.5 Å². The van der Waals surface area contributed by atoms with Crippen LogP contribution in [0.3, 0.4) is 0 Å². The Bertz CT molecular complexity index is 696. The highest BCUT2D eigenvalue weighted by atomic mass is 16.6. The van der Waals surface area contributed by atoms with Crippen molar-refractivity contribution in [2.45, 2.75) is 76.7 Å². The number of rotatable bonds is 2. The smallest absolute Gasteiger partial charge is 0.306 e. The van der Waals surface area contributed by atoms with Crippen molar-refractivity contribution in [1.29, 1.82) is 0 Å². The summed E-state index contributed by atoms with van der Waals surface area (Å²) in [5.74, 6) is 2.72. The van der Waals surface area contributed by atoms with E-state index < -0.39 is 0 Å². The van der Waals surface area contributed by atoms with E-state index in [-0.39, 0.29) is 35.3 Å². The van der Waals surface area contributed by atoms with E-state index in [1.165, 1.54) is 12.0 Å². The van der Waals surface area contributed by atoms with Crippen LogP contribution in [0.1, 0.15) is 71.1 Å². The molecule has 148 valence electrons. The highest BCUT2D eigenvalue weighted by Crippen LogP contribution is 2.69. The van der Waals surface area contributed by atoms with Gasteiger partial charge in [0.2, 0.25) is 0 Å². The first-order chi connectivity index (χ1) is 13.0. The van der Waals surface area contributed by atoms with Crippen molar-refractivity contribution in [3.8, 4) is 0 Å². The van der Waals surface area contributed by atoms with E-state index in [9.17, 15) is 14.7 Å². The summed E-state index contributed by atoms with van der Waals surface area (Å²) in [6.45, 7) is 2.45. The van der Waals surface area contributed by atoms with Gasteiger partial charge in [0, 0.05) is 30.8 Å². The summed E-state index contributed by atoms with van der Waals surface area (Å²) < 4.78 is 6.08. The van der Waals surface area contributed by atoms with Gasteiger partial charge < -0.3 is 9.84 Å². The maximum absolute atomic E-state index is 12.0. The number of ketones is 1. The summed E-state index contributed by atoms with van der Waals surface area (Å²) in [4.78, 5) is 24.1. The lowest BCUT2D eigenvalue weighted by Crippen LogP contribution is -2.55. The zero-order chi connectivity index (χ0) is 18.8. The lowest BCUT2D eigenvalue weighted by Gasteiger charge is -2.58. The van der Waals surface area contributed by atoms with Gasteiger partial charge in [-0.25, -0.2) is 0 Å². The third-order valence-electron chi connectivity index (χ3n) is 9.36. The molecule has 4 nitrogen and oxygen atoms in total. The molecule has 1 saturated heterocycles. The first kappa shape index (κ1) is 17.9. The summed E-state index contributed by atoms with van der Waals surface area (Å²) in [6.07, 6.45) is 11.6. The van der Waals surface area contributed by atoms with Gasteiger partial charge in [-0.05, 0) is 81.1 Å². The van der Waals surface area contributed by atoms with E-state index in [4.69, 9.17) is 4.74 Å². The fourth-order valence-corrected chi connectivity index (χ4v) is 8.33. The monoisotopic (exact) mass is 372 g/mol. The molecule has 0 aromatic rings. The molecular weight excluding hydrogens is 340 g/mol. The molecule has 7 atom stereocenters. The van der Waals surface area contributed by atoms with Crippen molar-refractivity contribution >= 4 is 11.8 Å². The van der Waals surface area contributed by atoms with Crippen LogP contribution in [0, 0.1) is 35.0 Å². The van der Waals surface area contributed by atoms with Crippen LogP contribution in [0.2, 0.25) is 0 Å². The van der Waals surface area contributed by atoms with Gasteiger partial charge in [-0.15, -0.1) is 0 Å². The second-order valence-corrected chi connectivity index (χ2v) is 9.86. The number of hydrogen-bond donors (Lipinski definition) is 1. The average Bonchev–Trinajstić information content (AvgIpc) is 3.22. The van der Waals surface area contributed by atoms with Gasteiger partial charge in [0.05, 0.1) is 0 Å². The van der Waals surface area contributed by atoms with Crippen LogP contribution in [0.5, 0.6) is 0 Å². The van der Waals surface area contributed by atoms with Crippen molar-refractivity contribution in [3.63, 3.8) is 0 Å². The maximum atomic E-state index is 12.0. The van der Waals surface area contributed by atoms with Crippen molar-refractivity contribution in [3.05, 3.63) is 11.6 Å². The predicted molar refractivity (Wildman–Crippen MR) is 101 cm³/mol. The average molecular weight is 373 g/mol. The largest absolute Gasteiger partial charge is 0.458 e. The van der Waals surface area contributed by atoms with Crippen LogP contribution in [0.15, 0.2) is 11.6 Å². The van der Waals surface area contributed by atoms with Gasteiger partial charge in [-0.2, -0.15) is 0 Å². The Hall–Kier alpha value is -1.16. The van der Waals surface area contributed by atoms with Gasteiger partial charge in [-0.3, -0.25) is 9.59 Å². The zero-order valence-corrected chi connectivity index (χ0v) is 16.4. The minimum absolute atomic E-state index is 0.00140. The maximum Gasteiger partial charge on any atom is 0.306 e. The Morgan fingerprint density at radius 1 is 1.11 bits per heavy atom. The number of carbonyl (C=O) groups excluding carboxylic acids is 2. The number of esters is 1. The molecule has 0 bridgehead atoms. The number of fused-ring (bicyclic) bond motifs is 6. The van der Waals surface area contributed by atoms with E-state index in [0.717, 1.165) is 44.9 Å². The van der Waals surface area contributed by atoms with Crippen molar-refractivity contribution in [1.82, 2.24) is 0 Å². The molecule has 5 rings (SSSR count). The molecule has 4 unspecified atom stereocenters. The second kappa shape index (κ2) is 6.17. The molecule has 4 fully saturated rings. The number of aliphatic hydroxyl groups is 1. The zero-order valence-electron chi connectivity index (χ0n) is 16.4. The Kier molecular flexibility index (Phi) is 4.09. The Morgan fingerprint density at radius 2 is 1.96 bits per heavy atom. The van der Waals surface area contributed by atoms with Gasteiger partial charge in [0.1, 0.15) is 5.60 Å². The Balaban J connectivity index is 1.51. The molecule has 4 heteroatoms. The third-order valence-corrected chi connectivity index (χ3v) is 9.36. The molecule has 0 radical (unpaired) electrons. The first-order valence-electron chi connectivity index (χ1n) is 11.1. The lowest BCUT2D eigenvalue weighted by atomic mass is 9.48. The fraction of sp³-hybridized carbons (Fsp3) is 0.826. The molecule has 1 heterocycles. The molecule has 3 saturated carbocycles. The van der Waals surface area contributed by atoms with Crippen LogP contribution >= 0.6 is 0 Å². The molecular formula is C23H32O4. The van der Waals surface area contributed by atoms with E-state index in [2.05, 4.69) is 6.92 Å². The van der Waals surface area contributed by atoms with Gasteiger partial charge >= 0.3 is 5.97 Å². The van der Waals surface area contributed by atoms with Crippen LogP contribution in [0.25, 0.3) is 0 Å². The molecule has 0 aromatic heterocycles. The van der Waals surface area contributed by atoms with Crippen LogP contribution in [-0.4, -0.2) is 29.1 Å². The summed E-state index contributed by atoms with van der Waals surface area (Å²) in [5, 5.41) is 10.1. The molecule has 0 amide bonds. The highest BCUT2D eigenvalue weighted by molar-refractivity contribution is 5.91. The van der Waals surface area contributed by atoms with Gasteiger partial charge in [0.25, 0.3) is 0 Å². The number of ether oxygens (including phenoxy) is 1.